The van der Waals surface area contributed by atoms with E-state index in [0.29, 0.717) is 0 Å². The Hall–Kier alpha value is -1.77. The lowest BCUT2D eigenvalue weighted by molar-refractivity contribution is 1.09. The Kier molecular flexibility index (Phi) is 5.99. The van der Waals surface area contributed by atoms with Crippen molar-refractivity contribution >= 4 is 13.0 Å². The van der Waals surface area contributed by atoms with E-state index in [0.717, 1.165) is 29.8 Å². The highest BCUT2D eigenvalue weighted by atomic mass is 15.0. The molecule has 0 aromatic heterocycles. The molecule has 0 bridgehead atoms. The van der Waals surface area contributed by atoms with Crippen molar-refractivity contribution in [2.24, 2.45) is 4.99 Å². The summed E-state index contributed by atoms with van der Waals surface area (Å²) in [5.74, 6) is 1.89. The lowest BCUT2D eigenvalue weighted by atomic mass is 9.78. The number of hydrogen-bond donors (Lipinski definition) is 1. The predicted octanol–water partition coefficient (Wildman–Crippen LogP) is 3.49. The summed E-state index contributed by atoms with van der Waals surface area (Å²) >= 11 is 0. The summed E-state index contributed by atoms with van der Waals surface area (Å²) in [5, 5.41) is 3.17. The predicted molar refractivity (Wildman–Crippen MR) is 81.5 cm³/mol. The highest BCUT2D eigenvalue weighted by Crippen LogP contribution is 2.13. The minimum absolute atomic E-state index is 0.810. The molecular weight excluding hydrogens is 219 g/mol. The molecule has 1 aliphatic heterocycles. The summed E-state index contributed by atoms with van der Waals surface area (Å²) < 4.78 is 0. The van der Waals surface area contributed by atoms with E-state index < -0.39 is 0 Å². The number of nitrogens with one attached hydrogen (secondary N) is 1. The monoisotopic (exact) mass is 239 g/mol. The molecule has 1 N–H and O–H groups in total. The molecule has 1 aliphatic rings. The first-order valence-electron chi connectivity index (χ1n) is 6.28. The molecular formula is C15H20BN2. The second-order valence-corrected chi connectivity index (χ2v) is 3.97. The van der Waals surface area contributed by atoms with Gasteiger partial charge in [0.05, 0.1) is 5.73 Å². The zero-order chi connectivity index (χ0) is 13.4. The molecule has 0 unspecified atom stereocenters. The number of allylic oxidation sites excluding steroid dienone is 4. The summed E-state index contributed by atoms with van der Waals surface area (Å²) in [6.07, 6.45) is 9.95. The van der Waals surface area contributed by atoms with Crippen LogP contribution in [0.4, 0.5) is 0 Å². The van der Waals surface area contributed by atoms with Crippen molar-refractivity contribution in [1.82, 2.24) is 5.32 Å². The molecule has 1 radical (unpaired) electrons. The van der Waals surface area contributed by atoms with Crippen LogP contribution in [-0.2, 0) is 0 Å². The molecule has 18 heavy (non-hydrogen) atoms. The summed E-state index contributed by atoms with van der Waals surface area (Å²) in [5.41, 5.74) is 3.93. The second kappa shape index (κ2) is 7.54. The van der Waals surface area contributed by atoms with E-state index in [1.54, 1.807) is 6.20 Å². The van der Waals surface area contributed by atoms with Gasteiger partial charge in [-0.05, 0) is 18.4 Å². The molecule has 0 spiro atoms. The van der Waals surface area contributed by atoms with Gasteiger partial charge in [-0.3, -0.25) is 4.99 Å². The average molecular weight is 239 g/mol. The Balaban J connectivity index is 2.75. The van der Waals surface area contributed by atoms with Crippen LogP contribution in [0.15, 0.2) is 65.4 Å². The van der Waals surface area contributed by atoms with E-state index in [1.165, 1.54) is 5.57 Å². The van der Waals surface area contributed by atoms with Crippen molar-refractivity contribution in [2.75, 3.05) is 0 Å². The van der Waals surface area contributed by atoms with Gasteiger partial charge in [0.1, 0.15) is 0 Å². The van der Waals surface area contributed by atoms with Crippen LogP contribution in [0.2, 0.25) is 0 Å². The first kappa shape index (κ1) is 14.3. The van der Waals surface area contributed by atoms with E-state index in [2.05, 4.69) is 49.5 Å². The first-order valence-corrected chi connectivity index (χ1v) is 6.28. The Labute approximate surface area is 111 Å². The zero-order valence-electron chi connectivity index (χ0n) is 11.2. The van der Waals surface area contributed by atoms with Crippen molar-refractivity contribution in [2.45, 2.75) is 26.7 Å². The molecule has 2 nitrogen and oxygen atoms in total. The fourth-order valence-electron chi connectivity index (χ4n) is 1.64. The van der Waals surface area contributed by atoms with Crippen LogP contribution in [0.5, 0.6) is 0 Å². The van der Waals surface area contributed by atoms with Gasteiger partial charge in [-0.2, -0.15) is 0 Å². The average Bonchev–Trinajstić information content (AvgIpc) is 2.87. The van der Waals surface area contributed by atoms with Gasteiger partial charge in [-0.25, -0.2) is 0 Å². The van der Waals surface area contributed by atoms with Crippen LogP contribution in [0, 0.1) is 0 Å². The maximum absolute atomic E-state index is 4.16. The Morgan fingerprint density at radius 3 is 2.78 bits per heavy atom. The van der Waals surface area contributed by atoms with Gasteiger partial charge >= 0.3 is 0 Å². The molecule has 93 valence electrons. The molecule has 1 heterocycles. The first-order chi connectivity index (χ1) is 8.71. The fourth-order valence-corrected chi connectivity index (χ4v) is 1.64. The largest absolute Gasteiger partial charge is 0.352 e. The summed E-state index contributed by atoms with van der Waals surface area (Å²) in [4.78, 5) is 4.16. The van der Waals surface area contributed by atoms with Crippen molar-refractivity contribution in [3.8, 4) is 0 Å². The third-order valence-electron chi connectivity index (χ3n) is 2.62. The number of hydrogen-bond acceptors (Lipinski definition) is 2. The fraction of sp³-hybridized carbons (Fsp3) is 0.267. The maximum Gasteiger partial charge on any atom is 0.232 e. The van der Waals surface area contributed by atoms with Crippen LogP contribution in [0.25, 0.3) is 0 Å². The van der Waals surface area contributed by atoms with E-state index in [1.807, 2.05) is 19.3 Å². The van der Waals surface area contributed by atoms with Gasteiger partial charge in [0.15, 0.2) is 0 Å². The lowest BCUT2D eigenvalue weighted by Crippen LogP contribution is -2.25. The standard InChI is InChI=1S/C15H20BN2/c1-5-8-13(6-2)11-14(7-3)12(4)18-15-16-9-10-17-15/h7-11H,3-6H2,1-2H3,(H,17,18)/b13-8-,14-11+. The van der Waals surface area contributed by atoms with Crippen molar-refractivity contribution in [3.05, 3.63) is 60.4 Å². The quantitative estimate of drug-likeness (QED) is 0.556. The molecule has 0 saturated carbocycles. The highest BCUT2D eigenvalue weighted by Gasteiger charge is 2.06. The molecule has 1 rings (SSSR count). The third-order valence-corrected chi connectivity index (χ3v) is 2.62. The minimum Gasteiger partial charge on any atom is -0.352 e. The van der Waals surface area contributed by atoms with Gasteiger partial charge < -0.3 is 5.32 Å². The smallest absolute Gasteiger partial charge is 0.232 e. The molecule has 0 aromatic rings. The summed E-state index contributed by atoms with van der Waals surface area (Å²) in [6.45, 7) is 12.2. The van der Waals surface area contributed by atoms with E-state index >= 15 is 0 Å². The SMILES string of the molecule is C=C/C(=C\C(=C/CC)CC)C(=C)NC1=NC=C[B]1. The van der Waals surface area contributed by atoms with Crippen LogP contribution >= 0.6 is 0 Å². The number of nitrogens with zero attached hydrogens (tertiary/aromatic N) is 1. The second-order valence-electron chi connectivity index (χ2n) is 3.97. The van der Waals surface area contributed by atoms with Gasteiger partial charge in [-0.1, -0.05) is 56.8 Å². The van der Waals surface area contributed by atoms with E-state index in [4.69, 9.17) is 0 Å². The van der Waals surface area contributed by atoms with Crippen LogP contribution in [-0.4, -0.2) is 13.0 Å². The highest BCUT2D eigenvalue weighted by molar-refractivity contribution is 6.79. The normalized spacial score (nSPS) is 15.1. The molecule has 0 atom stereocenters. The minimum atomic E-state index is 0.810. The zero-order valence-corrected chi connectivity index (χ0v) is 11.2. The van der Waals surface area contributed by atoms with Crippen LogP contribution < -0.4 is 5.32 Å². The Morgan fingerprint density at radius 1 is 1.50 bits per heavy atom. The number of amidine groups is 1. The Bertz CT molecular complexity index is 439. The third kappa shape index (κ3) is 4.25. The van der Waals surface area contributed by atoms with Crippen molar-refractivity contribution < 1.29 is 0 Å². The summed E-state index contributed by atoms with van der Waals surface area (Å²) in [7, 11) is 1.91. The number of rotatable bonds is 6. The number of aliphatic imine (C=N–C) groups is 1. The molecule has 0 fully saturated rings. The van der Waals surface area contributed by atoms with Gasteiger partial charge in [0.25, 0.3) is 0 Å². The van der Waals surface area contributed by atoms with Crippen molar-refractivity contribution in [3.63, 3.8) is 0 Å². The molecule has 0 aliphatic carbocycles. The molecule has 0 saturated heterocycles. The maximum atomic E-state index is 4.16. The van der Waals surface area contributed by atoms with E-state index in [-0.39, 0.29) is 0 Å². The van der Waals surface area contributed by atoms with Crippen LogP contribution in [0.1, 0.15) is 26.7 Å². The van der Waals surface area contributed by atoms with Crippen LogP contribution in [0.3, 0.4) is 0 Å². The van der Waals surface area contributed by atoms with E-state index in [9.17, 15) is 0 Å². The topological polar surface area (TPSA) is 24.4 Å². The Morgan fingerprint density at radius 2 is 2.28 bits per heavy atom. The van der Waals surface area contributed by atoms with Gasteiger partial charge in [0, 0.05) is 11.9 Å². The lowest BCUT2D eigenvalue weighted by Gasteiger charge is -2.11. The van der Waals surface area contributed by atoms with Crippen molar-refractivity contribution in [1.29, 1.82) is 0 Å². The van der Waals surface area contributed by atoms with Gasteiger partial charge in [-0.15, -0.1) is 0 Å². The summed E-state index contributed by atoms with van der Waals surface area (Å²) in [6, 6.07) is 0. The molecule has 0 aromatic carbocycles. The van der Waals surface area contributed by atoms with Gasteiger partial charge in [0.2, 0.25) is 7.28 Å². The molecule has 3 heteroatoms. The molecule has 0 amide bonds.